The summed E-state index contributed by atoms with van der Waals surface area (Å²) in [6.45, 7) is 1.56. The molecule has 0 amide bonds. The van der Waals surface area contributed by atoms with E-state index in [1.807, 2.05) is 0 Å². The van der Waals surface area contributed by atoms with E-state index in [0.717, 1.165) is 0 Å². The average Bonchev–Trinajstić information content (AvgIpc) is 1.65. The molecule has 0 radical (unpaired) electrons. The number of hydrogen-bond donors (Lipinski definition) is 2. The minimum Gasteiger partial charge on any atom is -0.411 e. The zero-order valence-corrected chi connectivity index (χ0v) is 5.93. The molecule has 0 unspecified atom stereocenters. The fourth-order valence-corrected chi connectivity index (χ4v) is 0.152. The summed E-state index contributed by atoms with van der Waals surface area (Å²) in [7, 11) is 0. The molecule has 0 saturated carbocycles. The van der Waals surface area contributed by atoms with E-state index in [-0.39, 0.29) is 3.72 Å². The van der Waals surface area contributed by atoms with Crippen molar-refractivity contribution in [3.05, 3.63) is 0 Å². The van der Waals surface area contributed by atoms with Crippen molar-refractivity contribution in [3.8, 4) is 0 Å². The first-order valence-electron chi connectivity index (χ1n) is 1.61. The van der Waals surface area contributed by atoms with Crippen LogP contribution in [-0.4, -0.2) is 14.6 Å². The Balaban J connectivity index is 3.82. The second-order valence-electron chi connectivity index (χ2n) is 0.999. The molecule has 4 heteroatoms. The predicted molar refractivity (Wildman–Crippen MR) is 36.6 cm³/mol. The average molecular weight is 212 g/mol. The lowest BCUT2D eigenvalue weighted by Crippen LogP contribution is -1.97. The summed E-state index contributed by atoms with van der Waals surface area (Å²) < 4.78 is 0.264. The third-order valence-electron chi connectivity index (χ3n) is 0.468. The smallest absolute Gasteiger partial charge is 0.117 e. The van der Waals surface area contributed by atoms with Crippen LogP contribution in [0.3, 0.4) is 0 Å². The van der Waals surface area contributed by atoms with Gasteiger partial charge in [0.1, 0.15) is 9.43 Å². The summed E-state index contributed by atoms with van der Waals surface area (Å²) in [6, 6.07) is 0. The highest BCUT2D eigenvalue weighted by Crippen LogP contribution is 1.88. The normalized spacial score (nSPS) is 11.4. The number of rotatable bonds is 1. The Morgan fingerprint density at radius 2 is 2.29 bits per heavy atom. The van der Waals surface area contributed by atoms with Gasteiger partial charge in [0, 0.05) is 0 Å². The van der Waals surface area contributed by atoms with Gasteiger partial charge in [-0.05, 0) is 29.5 Å². The molecular weight excluding hydrogens is 207 g/mol. The van der Waals surface area contributed by atoms with Crippen LogP contribution in [0.4, 0.5) is 0 Å². The van der Waals surface area contributed by atoms with Crippen LogP contribution in [0.2, 0.25) is 0 Å². The summed E-state index contributed by atoms with van der Waals surface area (Å²) in [5.74, 6) is 0. The van der Waals surface area contributed by atoms with Crippen LogP contribution in [-0.2, 0) is 0 Å². The highest BCUT2D eigenvalue weighted by atomic mass is 127. The fourth-order valence-electron chi connectivity index (χ4n) is 0.0439. The maximum absolute atomic E-state index is 7.95. The van der Waals surface area contributed by atoms with Crippen molar-refractivity contribution in [2.45, 2.75) is 6.92 Å². The first-order valence-corrected chi connectivity index (χ1v) is 2.69. The van der Waals surface area contributed by atoms with Gasteiger partial charge >= 0.3 is 0 Å². The number of nitrogens with zero attached hydrogens (tertiary/aromatic N) is 1. The second-order valence-corrected chi connectivity index (χ2v) is 2.08. The van der Waals surface area contributed by atoms with Crippen molar-refractivity contribution < 1.29 is 5.21 Å². The first-order chi connectivity index (χ1) is 3.18. The molecule has 0 aliphatic carbocycles. The van der Waals surface area contributed by atoms with E-state index in [2.05, 4.69) is 5.16 Å². The van der Waals surface area contributed by atoms with Crippen LogP contribution in [0.25, 0.3) is 0 Å². The van der Waals surface area contributed by atoms with Gasteiger partial charge < -0.3 is 5.21 Å². The maximum atomic E-state index is 7.95. The molecule has 40 valence electrons. The Kier molecular flexibility index (Phi) is 2.89. The minimum absolute atomic E-state index is 0.264. The van der Waals surface area contributed by atoms with Gasteiger partial charge in [-0.15, -0.1) is 0 Å². The first kappa shape index (κ1) is 6.87. The van der Waals surface area contributed by atoms with Crippen LogP contribution in [0.1, 0.15) is 6.92 Å². The lowest BCUT2D eigenvalue weighted by Gasteiger charge is -1.84. The van der Waals surface area contributed by atoms with Crippen molar-refractivity contribution in [2.24, 2.45) is 5.16 Å². The van der Waals surface area contributed by atoms with Crippen LogP contribution in [0, 0.1) is 5.41 Å². The molecule has 0 atom stereocenters. The van der Waals surface area contributed by atoms with Crippen LogP contribution in [0.5, 0.6) is 0 Å². The molecule has 0 aliphatic rings. The molecular formula is C3H5IN2O. The summed E-state index contributed by atoms with van der Waals surface area (Å²) in [5.41, 5.74) is 0.348. The van der Waals surface area contributed by atoms with Gasteiger partial charge in [-0.1, -0.05) is 5.16 Å². The molecule has 0 spiro atoms. The van der Waals surface area contributed by atoms with Crippen molar-refractivity contribution >= 4 is 32.0 Å². The molecule has 0 saturated heterocycles. The predicted octanol–water partition coefficient (Wildman–Crippen LogP) is 1.25. The maximum Gasteiger partial charge on any atom is 0.117 e. The second kappa shape index (κ2) is 2.95. The summed E-state index contributed by atoms with van der Waals surface area (Å²) in [6.07, 6.45) is 0. The zero-order valence-electron chi connectivity index (χ0n) is 3.77. The van der Waals surface area contributed by atoms with Gasteiger partial charge in [0.25, 0.3) is 0 Å². The molecule has 3 nitrogen and oxygen atoms in total. The van der Waals surface area contributed by atoms with E-state index in [0.29, 0.717) is 5.71 Å². The fraction of sp³-hybridized carbons (Fsp3) is 0.333. The molecule has 0 aromatic heterocycles. The van der Waals surface area contributed by atoms with Gasteiger partial charge in [-0.25, -0.2) is 0 Å². The Bertz CT molecular complexity index is 110. The quantitative estimate of drug-likeness (QED) is 0.292. The number of hydrogen-bond acceptors (Lipinski definition) is 3. The van der Waals surface area contributed by atoms with E-state index >= 15 is 0 Å². The number of nitrogens with one attached hydrogen (secondary N) is 1. The van der Waals surface area contributed by atoms with Gasteiger partial charge in [0.05, 0.1) is 0 Å². The van der Waals surface area contributed by atoms with E-state index < -0.39 is 0 Å². The summed E-state index contributed by atoms with van der Waals surface area (Å²) in [5, 5.41) is 17.5. The van der Waals surface area contributed by atoms with Crippen molar-refractivity contribution in [1.82, 2.24) is 0 Å². The van der Waals surface area contributed by atoms with Crippen molar-refractivity contribution in [1.29, 1.82) is 5.41 Å². The molecule has 0 heterocycles. The molecule has 0 aromatic rings. The molecule has 2 N–H and O–H groups in total. The van der Waals surface area contributed by atoms with E-state index in [4.69, 9.17) is 10.6 Å². The molecule has 0 rings (SSSR count). The Labute approximate surface area is 55.1 Å². The molecule has 0 fully saturated rings. The van der Waals surface area contributed by atoms with Gasteiger partial charge in [0.2, 0.25) is 0 Å². The zero-order chi connectivity index (χ0) is 5.86. The van der Waals surface area contributed by atoms with Crippen molar-refractivity contribution in [2.75, 3.05) is 0 Å². The Morgan fingerprint density at radius 3 is 2.29 bits per heavy atom. The third-order valence-corrected chi connectivity index (χ3v) is 1.25. The molecule has 0 aromatic carbocycles. The SMILES string of the molecule is C/C(=N\O)C(=N)I. The number of halogens is 1. The van der Waals surface area contributed by atoms with Crippen LogP contribution >= 0.6 is 22.6 Å². The van der Waals surface area contributed by atoms with Crippen molar-refractivity contribution in [3.63, 3.8) is 0 Å². The lowest BCUT2D eigenvalue weighted by molar-refractivity contribution is 0.320. The molecule has 7 heavy (non-hydrogen) atoms. The number of oxime groups is 1. The van der Waals surface area contributed by atoms with Gasteiger partial charge in [0.15, 0.2) is 0 Å². The lowest BCUT2D eigenvalue weighted by atomic mass is 10.5. The molecule has 0 aliphatic heterocycles. The van der Waals surface area contributed by atoms with E-state index in [1.54, 1.807) is 29.5 Å². The third kappa shape index (κ3) is 2.55. The largest absolute Gasteiger partial charge is 0.411 e. The highest BCUT2D eigenvalue weighted by molar-refractivity contribution is 14.1. The van der Waals surface area contributed by atoms with Crippen LogP contribution in [0.15, 0.2) is 5.16 Å². The van der Waals surface area contributed by atoms with E-state index in [1.165, 1.54) is 0 Å². The van der Waals surface area contributed by atoms with Gasteiger partial charge in [-0.2, -0.15) is 0 Å². The summed E-state index contributed by atoms with van der Waals surface area (Å²) in [4.78, 5) is 0. The standard InChI is InChI=1S/C3H5IN2O/c1-2(6-7)3(4)5/h5,7H,1H3/b5-3?,6-2+. The monoisotopic (exact) mass is 212 g/mol. The summed E-state index contributed by atoms with van der Waals surface area (Å²) >= 11 is 1.76. The van der Waals surface area contributed by atoms with E-state index in [9.17, 15) is 0 Å². The Morgan fingerprint density at radius 1 is 1.86 bits per heavy atom. The topological polar surface area (TPSA) is 56.4 Å². The Hall–Kier alpha value is -0.130. The minimum atomic E-state index is 0.264. The van der Waals surface area contributed by atoms with Crippen LogP contribution < -0.4 is 0 Å². The molecule has 0 bridgehead atoms. The highest BCUT2D eigenvalue weighted by Gasteiger charge is 1.91. The van der Waals surface area contributed by atoms with Gasteiger partial charge in [-0.3, -0.25) is 5.41 Å².